The molecule has 0 spiro atoms. The van der Waals surface area contributed by atoms with Crippen molar-refractivity contribution in [3.8, 4) is 0 Å². The van der Waals surface area contributed by atoms with Crippen molar-refractivity contribution in [1.82, 2.24) is 0 Å². The van der Waals surface area contributed by atoms with Gasteiger partial charge in [-0.05, 0) is 30.6 Å². The van der Waals surface area contributed by atoms with E-state index in [0.29, 0.717) is 0 Å². The highest BCUT2D eigenvalue weighted by Crippen LogP contribution is 2.16. The summed E-state index contributed by atoms with van der Waals surface area (Å²) in [6.45, 7) is 4.12. The molecule has 0 aliphatic carbocycles. The molecular weight excluding hydrogens is 148 g/mol. The summed E-state index contributed by atoms with van der Waals surface area (Å²) in [5.74, 6) is 0. The largest absolute Gasteiger partial charge is 0.392 e. The van der Waals surface area contributed by atoms with E-state index in [-0.39, 0.29) is 6.61 Å². The number of benzene rings is 1. The Balaban J connectivity index is 3.00. The molecule has 1 aromatic carbocycles. The molecule has 12 heavy (non-hydrogen) atoms. The lowest BCUT2D eigenvalue weighted by Gasteiger charge is -2.04. The van der Waals surface area contributed by atoms with E-state index in [4.69, 9.17) is 5.11 Å². The summed E-state index contributed by atoms with van der Waals surface area (Å²) in [6, 6.07) is 10.1. The lowest BCUT2D eigenvalue weighted by atomic mass is 10.0. The smallest absolute Gasteiger partial charge is 0.0644 e. The SMILES string of the molecule is C/C(CO)=C(/C)c1ccccc1. The van der Waals surface area contributed by atoms with E-state index in [1.165, 1.54) is 5.56 Å². The molecule has 0 saturated carbocycles. The number of aliphatic hydroxyl groups is 1. The Hall–Kier alpha value is -1.08. The molecule has 0 amide bonds. The average molecular weight is 162 g/mol. The Morgan fingerprint density at radius 2 is 1.75 bits per heavy atom. The van der Waals surface area contributed by atoms with Gasteiger partial charge in [0, 0.05) is 0 Å². The third-order valence-corrected chi connectivity index (χ3v) is 2.08. The summed E-state index contributed by atoms with van der Waals surface area (Å²) in [5, 5.41) is 8.91. The average Bonchev–Trinajstić information content (AvgIpc) is 2.17. The monoisotopic (exact) mass is 162 g/mol. The minimum Gasteiger partial charge on any atom is -0.392 e. The fraction of sp³-hybridized carbons (Fsp3) is 0.273. The fourth-order valence-electron chi connectivity index (χ4n) is 1.05. The molecule has 0 aliphatic rings. The number of aliphatic hydroxyl groups excluding tert-OH is 1. The van der Waals surface area contributed by atoms with Crippen molar-refractivity contribution in [2.45, 2.75) is 13.8 Å². The van der Waals surface area contributed by atoms with E-state index in [2.05, 4.69) is 12.1 Å². The minimum atomic E-state index is 0.140. The molecule has 0 aromatic heterocycles. The molecule has 0 heterocycles. The van der Waals surface area contributed by atoms with Crippen LogP contribution in [0.4, 0.5) is 0 Å². The number of hydrogen-bond donors (Lipinski definition) is 1. The van der Waals surface area contributed by atoms with Crippen molar-refractivity contribution in [3.63, 3.8) is 0 Å². The predicted octanol–water partition coefficient (Wildman–Crippen LogP) is 2.47. The zero-order valence-corrected chi connectivity index (χ0v) is 7.54. The van der Waals surface area contributed by atoms with Crippen LogP contribution >= 0.6 is 0 Å². The van der Waals surface area contributed by atoms with Gasteiger partial charge >= 0.3 is 0 Å². The van der Waals surface area contributed by atoms with Crippen molar-refractivity contribution in [3.05, 3.63) is 41.5 Å². The molecule has 1 nitrogen and oxygen atoms in total. The molecule has 64 valence electrons. The van der Waals surface area contributed by atoms with Gasteiger partial charge in [0.1, 0.15) is 0 Å². The summed E-state index contributed by atoms with van der Waals surface area (Å²) < 4.78 is 0. The summed E-state index contributed by atoms with van der Waals surface area (Å²) in [6.07, 6.45) is 0. The van der Waals surface area contributed by atoms with Crippen molar-refractivity contribution in [2.75, 3.05) is 6.61 Å². The molecular formula is C11H14O. The Kier molecular flexibility index (Phi) is 3.06. The Bertz CT molecular complexity index is 272. The van der Waals surface area contributed by atoms with Crippen LogP contribution in [0.25, 0.3) is 5.57 Å². The van der Waals surface area contributed by atoms with Gasteiger partial charge in [-0.3, -0.25) is 0 Å². The molecule has 0 unspecified atom stereocenters. The van der Waals surface area contributed by atoms with Gasteiger partial charge in [-0.2, -0.15) is 0 Å². The van der Waals surface area contributed by atoms with Gasteiger partial charge in [0.25, 0.3) is 0 Å². The van der Waals surface area contributed by atoms with E-state index < -0.39 is 0 Å². The van der Waals surface area contributed by atoms with E-state index in [1.807, 2.05) is 32.0 Å². The topological polar surface area (TPSA) is 20.2 Å². The first-order valence-corrected chi connectivity index (χ1v) is 4.08. The van der Waals surface area contributed by atoms with Crippen molar-refractivity contribution in [2.24, 2.45) is 0 Å². The highest BCUT2D eigenvalue weighted by atomic mass is 16.3. The molecule has 0 bridgehead atoms. The Morgan fingerprint density at radius 1 is 1.17 bits per heavy atom. The maximum absolute atomic E-state index is 8.91. The van der Waals surface area contributed by atoms with Crippen molar-refractivity contribution >= 4 is 5.57 Å². The quantitative estimate of drug-likeness (QED) is 0.708. The van der Waals surface area contributed by atoms with Crippen LogP contribution in [0, 0.1) is 0 Å². The predicted molar refractivity (Wildman–Crippen MR) is 51.8 cm³/mol. The number of hydrogen-bond acceptors (Lipinski definition) is 1. The molecule has 0 atom stereocenters. The minimum absolute atomic E-state index is 0.140. The fourth-order valence-corrected chi connectivity index (χ4v) is 1.05. The second kappa shape index (κ2) is 4.07. The van der Waals surface area contributed by atoms with Crippen LogP contribution in [-0.4, -0.2) is 11.7 Å². The molecule has 0 fully saturated rings. The molecule has 1 rings (SSSR count). The highest BCUT2D eigenvalue weighted by molar-refractivity contribution is 5.66. The van der Waals surface area contributed by atoms with E-state index in [1.54, 1.807) is 0 Å². The molecule has 1 N–H and O–H groups in total. The normalized spacial score (nSPS) is 12.6. The summed E-state index contributed by atoms with van der Waals surface area (Å²) in [7, 11) is 0. The Labute approximate surface area is 73.4 Å². The second-order valence-corrected chi connectivity index (χ2v) is 2.93. The Morgan fingerprint density at radius 3 is 2.25 bits per heavy atom. The van der Waals surface area contributed by atoms with E-state index in [0.717, 1.165) is 11.1 Å². The molecule has 0 aliphatic heterocycles. The molecule has 0 saturated heterocycles. The highest BCUT2D eigenvalue weighted by Gasteiger charge is 1.97. The van der Waals surface area contributed by atoms with Crippen LogP contribution in [0.1, 0.15) is 19.4 Å². The number of rotatable bonds is 2. The second-order valence-electron chi connectivity index (χ2n) is 2.93. The first-order chi connectivity index (χ1) is 5.75. The first kappa shape index (κ1) is 9.01. The van der Waals surface area contributed by atoms with Crippen LogP contribution in [0.3, 0.4) is 0 Å². The maximum Gasteiger partial charge on any atom is 0.0644 e. The zero-order valence-electron chi connectivity index (χ0n) is 7.54. The van der Waals surface area contributed by atoms with Crippen LogP contribution < -0.4 is 0 Å². The first-order valence-electron chi connectivity index (χ1n) is 4.08. The van der Waals surface area contributed by atoms with Gasteiger partial charge in [0.05, 0.1) is 6.61 Å². The zero-order chi connectivity index (χ0) is 8.97. The maximum atomic E-state index is 8.91. The van der Waals surface area contributed by atoms with Gasteiger partial charge in [-0.25, -0.2) is 0 Å². The molecule has 1 aromatic rings. The molecule has 1 heteroatoms. The summed E-state index contributed by atoms with van der Waals surface area (Å²) >= 11 is 0. The van der Waals surface area contributed by atoms with Gasteiger partial charge in [-0.1, -0.05) is 30.3 Å². The van der Waals surface area contributed by atoms with Crippen molar-refractivity contribution in [1.29, 1.82) is 0 Å². The van der Waals surface area contributed by atoms with Gasteiger partial charge < -0.3 is 5.11 Å². The lowest BCUT2D eigenvalue weighted by molar-refractivity contribution is 0.332. The number of allylic oxidation sites excluding steroid dienone is 1. The van der Waals surface area contributed by atoms with E-state index in [9.17, 15) is 0 Å². The van der Waals surface area contributed by atoms with Gasteiger partial charge in [0.2, 0.25) is 0 Å². The van der Waals surface area contributed by atoms with Gasteiger partial charge in [-0.15, -0.1) is 0 Å². The third-order valence-electron chi connectivity index (χ3n) is 2.08. The third kappa shape index (κ3) is 1.95. The van der Waals surface area contributed by atoms with E-state index >= 15 is 0 Å². The van der Waals surface area contributed by atoms with Crippen molar-refractivity contribution < 1.29 is 5.11 Å². The molecule has 0 radical (unpaired) electrons. The summed E-state index contributed by atoms with van der Waals surface area (Å²) in [5.41, 5.74) is 3.38. The lowest BCUT2D eigenvalue weighted by Crippen LogP contribution is -1.89. The standard InChI is InChI=1S/C11H14O/c1-9(8-12)10(2)11-6-4-3-5-7-11/h3-7,12H,8H2,1-2H3/b10-9+. The van der Waals surface area contributed by atoms with Gasteiger partial charge in [0.15, 0.2) is 0 Å². The van der Waals surface area contributed by atoms with Crippen LogP contribution in [0.15, 0.2) is 35.9 Å². The summed E-state index contributed by atoms with van der Waals surface area (Å²) in [4.78, 5) is 0. The van der Waals surface area contributed by atoms with Crippen LogP contribution in [-0.2, 0) is 0 Å². The van der Waals surface area contributed by atoms with Crippen LogP contribution in [0.5, 0.6) is 0 Å². The van der Waals surface area contributed by atoms with Crippen LogP contribution in [0.2, 0.25) is 0 Å².